The van der Waals surface area contributed by atoms with Gasteiger partial charge in [0.1, 0.15) is 0 Å². The van der Waals surface area contributed by atoms with Gasteiger partial charge in [-0.2, -0.15) is 13.2 Å². The number of hydrogen-bond donors (Lipinski definition) is 0. The third-order valence-electron chi connectivity index (χ3n) is 3.44. The second-order valence-corrected chi connectivity index (χ2v) is 5.16. The number of para-hydroxylation sites is 2. The number of ether oxygens (including phenoxy) is 2. The normalized spacial score (nSPS) is 14.3. The van der Waals surface area contributed by atoms with Crippen LogP contribution in [0.5, 0.6) is 11.5 Å². The molecule has 2 aromatic carbocycles. The molecule has 0 aromatic heterocycles. The Morgan fingerprint density at radius 1 is 0.793 bits per heavy atom. The van der Waals surface area contributed by atoms with E-state index in [0.717, 1.165) is 5.56 Å². The molecule has 2 aliphatic rings. The molecule has 0 radical (unpaired) electrons. The molecule has 0 saturated heterocycles. The molecule has 0 amide bonds. The quantitative estimate of drug-likeness (QED) is 0.405. The lowest BCUT2D eigenvalue weighted by atomic mass is 10.1. The summed E-state index contributed by atoms with van der Waals surface area (Å²) < 4.78 is 69.6. The van der Waals surface area contributed by atoms with E-state index >= 15 is 0 Å². The average Bonchev–Trinajstić information content (AvgIpc) is 3.24. The third-order valence-corrected chi connectivity index (χ3v) is 3.44. The summed E-state index contributed by atoms with van der Waals surface area (Å²) in [6, 6.07) is 13.0. The Balaban J connectivity index is 0.000000452. The van der Waals surface area contributed by atoms with Crippen LogP contribution in [0.4, 0.5) is 22.0 Å². The highest BCUT2D eigenvalue weighted by molar-refractivity contribution is 5.64. The summed E-state index contributed by atoms with van der Waals surface area (Å²) in [5.41, 5.74) is 0.998. The minimum atomic E-state index is -4.18. The number of hydrogen-bond acceptors (Lipinski definition) is 2. The highest BCUT2D eigenvalue weighted by Gasteiger charge is 2.43. The number of fused-ring (bicyclic) bond motifs is 2. The molecular formula is C22H27F5O2. The Hall–Kier alpha value is -2.57. The maximum Gasteiger partial charge on any atom is 0.586 e. The van der Waals surface area contributed by atoms with Gasteiger partial charge in [0.05, 0.1) is 0 Å². The molecule has 0 spiro atoms. The molecule has 7 heteroatoms. The summed E-state index contributed by atoms with van der Waals surface area (Å²) in [6.45, 7) is 8.00. The van der Waals surface area contributed by atoms with Crippen LogP contribution in [0, 0.1) is 0 Å². The van der Waals surface area contributed by atoms with Crippen molar-refractivity contribution in [1.29, 1.82) is 0 Å². The molecule has 0 bridgehead atoms. The molecule has 0 unspecified atom stereocenters. The van der Waals surface area contributed by atoms with Gasteiger partial charge in [0, 0.05) is 12.0 Å². The van der Waals surface area contributed by atoms with Crippen molar-refractivity contribution in [1.82, 2.24) is 0 Å². The summed E-state index contributed by atoms with van der Waals surface area (Å²) >= 11 is 0. The van der Waals surface area contributed by atoms with Gasteiger partial charge in [-0.1, -0.05) is 71.5 Å². The van der Waals surface area contributed by atoms with Crippen LogP contribution in [0.25, 0.3) is 6.08 Å². The fraction of sp³-hybridized carbons (Fsp3) is 0.364. The summed E-state index contributed by atoms with van der Waals surface area (Å²) in [6.07, 6.45) is -6.45. The predicted molar refractivity (Wildman–Crippen MR) is 106 cm³/mol. The Bertz CT molecular complexity index is 756. The second-order valence-electron chi connectivity index (χ2n) is 5.16. The molecule has 29 heavy (non-hydrogen) atoms. The van der Waals surface area contributed by atoms with Gasteiger partial charge in [-0.15, -0.1) is 8.78 Å². The zero-order chi connectivity index (χ0) is 21.4. The van der Waals surface area contributed by atoms with Crippen LogP contribution in [0.3, 0.4) is 0 Å². The van der Waals surface area contributed by atoms with Crippen LogP contribution >= 0.6 is 0 Å². The Labute approximate surface area is 169 Å². The maximum atomic E-state index is 12.3. The molecule has 0 N–H and O–H groups in total. The molecule has 162 valence electrons. The topological polar surface area (TPSA) is 18.5 Å². The molecule has 1 aliphatic heterocycles. The van der Waals surface area contributed by atoms with Gasteiger partial charge in [0.15, 0.2) is 11.5 Å². The number of rotatable bonds is 0. The van der Waals surface area contributed by atoms with E-state index in [1.165, 1.54) is 18.2 Å². The molecule has 0 fully saturated rings. The summed E-state index contributed by atoms with van der Waals surface area (Å²) in [5.74, 6) is 0.162. The van der Waals surface area contributed by atoms with E-state index in [2.05, 4.69) is 9.47 Å². The van der Waals surface area contributed by atoms with Crippen molar-refractivity contribution >= 4 is 6.08 Å². The Morgan fingerprint density at radius 2 is 1.24 bits per heavy atom. The first-order valence-electron chi connectivity index (χ1n) is 8.95. The van der Waals surface area contributed by atoms with Gasteiger partial charge in [0.2, 0.25) is 0 Å². The van der Waals surface area contributed by atoms with E-state index in [-0.39, 0.29) is 25.3 Å². The van der Waals surface area contributed by atoms with Gasteiger partial charge in [0.25, 0.3) is 0 Å². The fourth-order valence-electron chi connectivity index (χ4n) is 2.36. The van der Waals surface area contributed by atoms with Gasteiger partial charge in [-0.05, 0) is 29.3 Å². The lowest BCUT2D eigenvalue weighted by Crippen LogP contribution is -2.25. The summed E-state index contributed by atoms with van der Waals surface area (Å²) in [5, 5.41) is 0. The van der Waals surface area contributed by atoms with Crippen molar-refractivity contribution in [2.75, 3.05) is 0 Å². The zero-order valence-corrected chi connectivity index (χ0v) is 16.1. The number of halogens is 5. The van der Waals surface area contributed by atoms with Crippen LogP contribution < -0.4 is 9.47 Å². The smallest absolute Gasteiger partial charge is 0.395 e. The van der Waals surface area contributed by atoms with Crippen molar-refractivity contribution < 1.29 is 31.4 Å². The van der Waals surface area contributed by atoms with E-state index in [0.29, 0.717) is 5.56 Å². The van der Waals surface area contributed by atoms with E-state index in [1.54, 1.807) is 36.4 Å². The van der Waals surface area contributed by atoms with Crippen molar-refractivity contribution in [3.63, 3.8) is 0 Å². The predicted octanol–water partition coefficient (Wildman–Crippen LogP) is 7.89. The highest BCUT2D eigenvalue weighted by Crippen LogP contribution is 2.40. The maximum absolute atomic E-state index is 12.3. The van der Waals surface area contributed by atoms with Crippen LogP contribution in [0.2, 0.25) is 0 Å². The number of benzene rings is 2. The van der Waals surface area contributed by atoms with Crippen LogP contribution in [-0.2, 0) is 6.42 Å². The van der Waals surface area contributed by atoms with Gasteiger partial charge < -0.3 is 9.47 Å². The average molecular weight is 418 g/mol. The monoisotopic (exact) mass is 418 g/mol. The van der Waals surface area contributed by atoms with E-state index in [9.17, 15) is 22.0 Å². The molecule has 0 atom stereocenters. The third kappa shape index (κ3) is 7.40. The lowest BCUT2D eigenvalue weighted by molar-refractivity contribution is -0.286. The SMILES string of the molecule is C.CC.CC.FC(F)(F)C1=Cc2ccccc2C1.FC1(F)Oc2ccccc2O1. The minimum Gasteiger partial charge on any atom is -0.395 e. The first-order valence-corrected chi connectivity index (χ1v) is 8.95. The summed E-state index contributed by atoms with van der Waals surface area (Å²) in [4.78, 5) is 0. The molecule has 2 aromatic rings. The van der Waals surface area contributed by atoms with Crippen LogP contribution in [0.1, 0.15) is 46.2 Å². The van der Waals surface area contributed by atoms with Crippen molar-refractivity contribution in [3.8, 4) is 11.5 Å². The first-order chi connectivity index (χ1) is 13.2. The summed E-state index contributed by atoms with van der Waals surface area (Å²) in [7, 11) is 0. The van der Waals surface area contributed by atoms with E-state index < -0.39 is 18.0 Å². The van der Waals surface area contributed by atoms with Crippen molar-refractivity contribution in [2.45, 2.75) is 54.0 Å². The second kappa shape index (κ2) is 11.4. The standard InChI is InChI=1S/C10H7F3.C7H4F2O2.2C2H6.CH4/c11-10(12,13)9-5-7-3-1-2-4-8(7)6-9;8-7(9)10-5-3-1-2-4-6(5)11-7;2*1-2;/h1-5H,6H2;1-4H;2*1-2H3;1H4. The first kappa shape index (κ1) is 26.4. The van der Waals surface area contributed by atoms with Gasteiger partial charge >= 0.3 is 12.5 Å². The van der Waals surface area contributed by atoms with Crippen molar-refractivity contribution in [3.05, 3.63) is 65.2 Å². The molecule has 0 saturated carbocycles. The Morgan fingerprint density at radius 3 is 1.69 bits per heavy atom. The number of allylic oxidation sites excluding steroid dienone is 1. The fourth-order valence-corrected chi connectivity index (χ4v) is 2.36. The lowest BCUT2D eigenvalue weighted by Gasteiger charge is -2.05. The largest absolute Gasteiger partial charge is 0.586 e. The minimum absolute atomic E-state index is 0. The van der Waals surface area contributed by atoms with Gasteiger partial charge in [-0.3, -0.25) is 0 Å². The Kier molecular flexibility index (Phi) is 10.4. The number of alkyl halides is 5. The molecular weight excluding hydrogens is 391 g/mol. The van der Waals surface area contributed by atoms with Crippen molar-refractivity contribution in [2.24, 2.45) is 0 Å². The van der Waals surface area contributed by atoms with Crippen LogP contribution in [-0.4, -0.2) is 12.5 Å². The zero-order valence-electron chi connectivity index (χ0n) is 16.1. The molecule has 1 heterocycles. The van der Waals surface area contributed by atoms with E-state index in [4.69, 9.17) is 0 Å². The highest BCUT2D eigenvalue weighted by atomic mass is 19.4. The van der Waals surface area contributed by atoms with Crippen LogP contribution in [0.15, 0.2) is 54.1 Å². The molecule has 2 nitrogen and oxygen atoms in total. The van der Waals surface area contributed by atoms with E-state index in [1.807, 2.05) is 27.7 Å². The van der Waals surface area contributed by atoms with Gasteiger partial charge in [-0.25, -0.2) is 0 Å². The molecule has 1 aliphatic carbocycles. The molecule has 4 rings (SSSR count).